The highest BCUT2D eigenvalue weighted by Crippen LogP contribution is 2.17. The lowest BCUT2D eigenvalue weighted by Gasteiger charge is -2.17. The lowest BCUT2D eigenvalue weighted by atomic mass is 9.94. The average Bonchev–Trinajstić information content (AvgIpc) is 2.30. The van der Waals surface area contributed by atoms with Crippen LogP contribution in [0.5, 0.6) is 5.75 Å². The maximum atomic E-state index is 11.4. The van der Waals surface area contributed by atoms with Crippen LogP contribution in [0.1, 0.15) is 13.8 Å². The number of esters is 1. The number of aliphatic carboxylic acids is 1. The van der Waals surface area contributed by atoms with Crippen LogP contribution in [0.15, 0.2) is 30.3 Å². The summed E-state index contributed by atoms with van der Waals surface area (Å²) in [5.41, 5.74) is -1.57. The van der Waals surface area contributed by atoms with Crippen LogP contribution in [0, 0.1) is 5.41 Å². The summed E-state index contributed by atoms with van der Waals surface area (Å²) >= 11 is 0. The molecule has 0 aliphatic heterocycles. The Morgan fingerprint density at radius 1 is 1.24 bits per heavy atom. The molecule has 1 aromatic rings. The number of hydrogen-bond donors (Lipinski definition) is 1. The number of carbonyl (C=O) groups is 2. The minimum absolute atomic E-state index is 0.306. The molecule has 0 amide bonds. The van der Waals surface area contributed by atoms with Gasteiger partial charge in [0.05, 0.1) is 0 Å². The number of benzene rings is 1. The minimum atomic E-state index is -1.57. The SMILES string of the molecule is CC(C)(C(=O)O)C(=O)OCOc1ccccc1. The fourth-order valence-corrected chi connectivity index (χ4v) is 0.935. The Labute approximate surface area is 99.0 Å². The van der Waals surface area contributed by atoms with E-state index in [0.717, 1.165) is 0 Å². The van der Waals surface area contributed by atoms with Crippen molar-refractivity contribution in [3.8, 4) is 5.75 Å². The van der Waals surface area contributed by atoms with Gasteiger partial charge in [-0.1, -0.05) is 18.2 Å². The van der Waals surface area contributed by atoms with Crippen molar-refractivity contribution in [3.05, 3.63) is 30.3 Å². The van der Waals surface area contributed by atoms with E-state index in [2.05, 4.69) is 0 Å². The summed E-state index contributed by atoms with van der Waals surface area (Å²) in [6, 6.07) is 8.79. The zero-order valence-corrected chi connectivity index (χ0v) is 9.67. The molecule has 0 heterocycles. The van der Waals surface area contributed by atoms with E-state index in [0.29, 0.717) is 5.75 Å². The van der Waals surface area contributed by atoms with Gasteiger partial charge in [0.2, 0.25) is 6.79 Å². The van der Waals surface area contributed by atoms with Gasteiger partial charge in [0.25, 0.3) is 0 Å². The predicted octanol–water partition coefficient (Wildman–Crippen LogP) is 1.68. The number of carboxylic acids is 1. The third-order valence-electron chi connectivity index (χ3n) is 2.20. The predicted molar refractivity (Wildman–Crippen MR) is 59.4 cm³/mol. The summed E-state index contributed by atoms with van der Waals surface area (Å²) in [4.78, 5) is 22.2. The summed E-state index contributed by atoms with van der Waals surface area (Å²) in [5, 5.41) is 8.79. The van der Waals surface area contributed by atoms with E-state index in [1.165, 1.54) is 13.8 Å². The first kappa shape index (κ1) is 13.0. The van der Waals surface area contributed by atoms with Crippen LogP contribution in [0.4, 0.5) is 0 Å². The highest BCUT2D eigenvalue weighted by atomic mass is 16.7. The number of carbonyl (C=O) groups excluding carboxylic acids is 1. The van der Waals surface area contributed by atoms with Crippen LogP contribution in [0.3, 0.4) is 0 Å². The van der Waals surface area contributed by atoms with E-state index < -0.39 is 17.4 Å². The Kier molecular flexibility index (Phi) is 4.09. The van der Waals surface area contributed by atoms with Gasteiger partial charge in [0.15, 0.2) is 5.41 Å². The van der Waals surface area contributed by atoms with Crippen molar-refractivity contribution in [2.45, 2.75) is 13.8 Å². The van der Waals surface area contributed by atoms with Crippen molar-refractivity contribution in [2.24, 2.45) is 5.41 Å². The average molecular weight is 238 g/mol. The Balaban J connectivity index is 2.42. The van der Waals surface area contributed by atoms with Crippen molar-refractivity contribution < 1.29 is 24.2 Å². The zero-order valence-electron chi connectivity index (χ0n) is 9.67. The standard InChI is InChI=1S/C12H14O5/c1-12(2,10(13)14)11(15)17-8-16-9-6-4-3-5-7-9/h3-7H,8H2,1-2H3,(H,13,14). The van der Waals surface area contributed by atoms with Gasteiger partial charge < -0.3 is 14.6 Å². The maximum Gasteiger partial charge on any atom is 0.325 e. The van der Waals surface area contributed by atoms with Gasteiger partial charge in [-0.15, -0.1) is 0 Å². The van der Waals surface area contributed by atoms with Gasteiger partial charge in [-0.2, -0.15) is 0 Å². The van der Waals surface area contributed by atoms with Crippen LogP contribution in [0.25, 0.3) is 0 Å². The molecule has 0 aromatic heterocycles. The molecule has 0 aliphatic carbocycles. The molecular formula is C12H14O5. The Morgan fingerprint density at radius 3 is 2.35 bits per heavy atom. The second kappa shape index (κ2) is 5.34. The summed E-state index contributed by atoms with van der Waals surface area (Å²) in [6.45, 7) is 2.25. The van der Waals surface area contributed by atoms with Crippen molar-refractivity contribution in [1.82, 2.24) is 0 Å². The van der Waals surface area contributed by atoms with E-state index >= 15 is 0 Å². The van der Waals surface area contributed by atoms with Gasteiger partial charge >= 0.3 is 11.9 Å². The summed E-state index contributed by atoms with van der Waals surface area (Å²) in [6.07, 6.45) is 0. The molecule has 92 valence electrons. The van der Waals surface area contributed by atoms with Crippen LogP contribution >= 0.6 is 0 Å². The second-order valence-corrected chi connectivity index (χ2v) is 3.94. The normalized spacial score (nSPS) is 10.7. The molecule has 0 saturated heterocycles. The number of rotatable bonds is 5. The van der Waals surface area contributed by atoms with Crippen LogP contribution in [-0.2, 0) is 14.3 Å². The number of carboxylic acid groups (broad SMARTS) is 1. The first-order valence-corrected chi connectivity index (χ1v) is 5.03. The van der Waals surface area contributed by atoms with Gasteiger partial charge in [0, 0.05) is 0 Å². The third-order valence-corrected chi connectivity index (χ3v) is 2.20. The molecule has 0 atom stereocenters. The molecule has 0 saturated carbocycles. The first-order chi connectivity index (χ1) is 7.94. The molecule has 0 spiro atoms. The lowest BCUT2D eigenvalue weighted by Crippen LogP contribution is -2.35. The fraction of sp³-hybridized carbons (Fsp3) is 0.333. The van der Waals surface area contributed by atoms with E-state index in [1.54, 1.807) is 24.3 Å². The molecule has 0 bridgehead atoms. The van der Waals surface area contributed by atoms with E-state index in [4.69, 9.17) is 14.6 Å². The molecule has 5 heteroatoms. The molecule has 1 N–H and O–H groups in total. The van der Waals surface area contributed by atoms with Crippen molar-refractivity contribution in [3.63, 3.8) is 0 Å². The monoisotopic (exact) mass is 238 g/mol. The Morgan fingerprint density at radius 2 is 1.82 bits per heavy atom. The highest BCUT2D eigenvalue weighted by Gasteiger charge is 2.37. The van der Waals surface area contributed by atoms with Gasteiger partial charge in [0.1, 0.15) is 5.75 Å². The molecular weight excluding hydrogens is 224 g/mol. The lowest BCUT2D eigenvalue weighted by molar-refractivity contribution is -0.170. The smallest absolute Gasteiger partial charge is 0.325 e. The molecule has 5 nitrogen and oxygen atoms in total. The Hall–Kier alpha value is -2.04. The second-order valence-electron chi connectivity index (χ2n) is 3.94. The third kappa shape index (κ3) is 3.48. The number of hydrogen-bond acceptors (Lipinski definition) is 4. The molecule has 0 radical (unpaired) electrons. The van der Waals surface area contributed by atoms with Gasteiger partial charge in [-0.3, -0.25) is 9.59 Å². The maximum absolute atomic E-state index is 11.4. The number of ether oxygens (including phenoxy) is 2. The molecule has 0 unspecified atom stereocenters. The quantitative estimate of drug-likeness (QED) is 0.480. The van der Waals surface area contributed by atoms with Crippen molar-refractivity contribution in [1.29, 1.82) is 0 Å². The Bertz CT molecular complexity index is 397. The summed E-state index contributed by atoms with van der Waals surface area (Å²) in [5.74, 6) is -1.52. The largest absolute Gasteiger partial charge is 0.480 e. The molecule has 0 aliphatic rings. The minimum Gasteiger partial charge on any atom is -0.480 e. The van der Waals surface area contributed by atoms with Crippen molar-refractivity contribution in [2.75, 3.05) is 6.79 Å². The topological polar surface area (TPSA) is 72.8 Å². The van der Waals surface area contributed by atoms with Gasteiger partial charge in [-0.25, -0.2) is 0 Å². The molecule has 17 heavy (non-hydrogen) atoms. The molecule has 1 rings (SSSR count). The van der Waals surface area contributed by atoms with Crippen LogP contribution in [0.2, 0.25) is 0 Å². The van der Waals surface area contributed by atoms with Crippen LogP contribution in [-0.4, -0.2) is 23.8 Å². The van der Waals surface area contributed by atoms with Crippen molar-refractivity contribution >= 4 is 11.9 Å². The summed E-state index contributed by atoms with van der Waals surface area (Å²) in [7, 11) is 0. The fourth-order valence-electron chi connectivity index (χ4n) is 0.935. The van der Waals surface area contributed by atoms with E-state index in [1.807, 2.05) is 6.07 Å². The summed E-state index contributed by atoms with van der Waals surface area (Å²) < 4.78 is 9.85. The van der Waals surface area contributed by atoms with E-state index in [-0.39, 0.29) is 6.79 Å². The highest BCUT2D eigenvalue weighted by molar-refractivity contribution is 5.98. The molecule has 1 aromatic carbocycles. The van der Waals surface area contributed by atoms with Gasteiger partial charge in [-0.05, 0) is 26.0 Å². The van der Waals surface area contributed by atoms with Crippen LogP contribution < -0.4 is 4.74 Å². The van der Waals surface area contributed by atoms with E-state index in [9.17, 15) is 9.59 Å². The zero-order chi connectivity index (χ0) is 12.9. The first-order valence-electron chi connectivity index (χ1n) is 5.03. The number of para-hydroxylation sites is 1. The molecule has 0 fully saturated rings.